The van der Waals surface area contributed by atoms with Gasteiger partial charge in [-0.05, 0) is 35.7 Å². The third-order valence-electron chi connectivity index (χ3n) is 4.17. The molecule has 0 saturated carbocycles. The lowest BCUT2D eigenvalue weighted by Crippen LogP contribution is -2.18. The number of nitrogens with zero attached hydrogens (tertiary/aromatic N) is 1. The normalized spacial score (nSPS) is 10.6. The molecule has 0 aliphatic rings. The van der Waals surface area contributed by atoms with Crippen LogP contribution in [0.2, 0.25) is 0 Å². The number of rotatable bonds is 5. The molecule has 0 saturated heterocycles. The Morgan fingerprint density at radius 1 is 0.769 bits per heavy atom. The molecular formula is C19H19NO6. The Labute approximate surface area is 149 Å². The molecule has 1 N–H and O–H groups in total. The van der Waals surface area contributed by atoms with Crippen LogP contribution in [0.15, 0.2) is 41.2 Å². The van der Waals surface area contributed by atoms with Crippen molar-refractivity contribution in [2.24, 2.45) is 0 Å². The predicted molar refractivity (Wildman–Crippen MR) is 97.0 cm³/mol. The number of methoxy groups -OCH3 is 4. The van der Waals surface area contributed by atoms with Crippen LogP contribution in [-0.4, -0.2) is 38.4 Å². The van der Waals surface area contributed by atoms with Gasteiger partial charge in [0.25, 0.3) is 5.56 Å². The standard InChI is InChI=1S/C19H19NO6/c1-23-14-6-5-11(7-15(14)24-2)19-13-10-17(26-4)16(25-3)8-12(13)9-18(21)20(19)22/h5-10,22H,1-4H3. The smallest absolute Gasteiger partial charge is 0.284 e. The molecule has 2 aromatic carbocycles. The van der Waals surface area contributed by atoms with Crippen molar-refractivity contribution >= 4 is 10.8 Å². The van der Waals surface area contributed by atoms with Crippen LogP contribution in [0.1, 0.15) is 0 Å². The van der Waals surface area contributed by atoms with Crippen LogP contribution < -0.4 is 24.5 Å². The first-order valence-corrected chi connectivity index (χ1v) is 7.77. The molecule has 7 heteroatoms. The zero-order valence-electron chi connectivity index (χ0n) is 14.9. The Morgan fingerprint density at radius 3 is 1.96 bits per heavy atom. The summed E-state index contributed by atoms with van der Waals surface area (Å²) >= 11 is 0. The summed E-state index contributed by atoms with van der Waals surface area (Å²) in [6.07, 6.45) is 0. The average Bonchev–Trinajstić information content (AvgIpc) is 2.67. The minimum Gasteiger partial charge on any atom is -0.493 e. The fourth-order valence-electron chi connectivity index (χ4n) is 2.90. The Kier molecular flexibility index (Phi) is 4.62. The number of hydrogen-bond donors (Lipinski definition) is 1. The van der Waals surface area contributed by atoms with Crippen molar-refractivity contribution in [3.63, 3.8) is 0 Å². The van der Waals surface area contributed by atoms with E-state index >= 15 is 0 Å². The summed E-state index contributed by atoms with van der Waals surface area (Å²) in [7, 11) is 6.10. The van der Waals surface area contributed by atoms with Crippen LogP contribution in [-0.2, 0) is 0 Å². The molecule has 136 valence electrons. The van der Waals surface area contributed by atoms with E-state index in [1.54, 1.807) is 30.3 Å². The Hall–Kier alpha value is -3.35. The molecule has 0 atom stereocenters. The van der Waals surface area contributed by atoms with Crippen molar-refractivity contribution in [2.45, 2.75) is 0 Å². The van der Waals surface area contributed by atoms with E-state index in [-0.39, 0.29) is 0 Å². The van der Waals surface area contributed by atoms with E-state index < -0.39 is 5.56 Å². The van der Waals surface area contributed by atoms with Crippen molar-refractivity contribution in [1.29, 1.82) is 0 Å². The number of hydrogen-bond acceptors (Lipinski definition) is 6. The molecule has 7 nitrogen and oxygen atoms in total. The third kappa shape index (κ3) is 2.77. The highest BCUT2D eigenvalue weighted by molar-refractivity contribution is 5.97. The molecule has 26 heavy (non-hydrogen) atoms. The van der Waals surface area contributed by atoms with Crippen LogP contribution in [0.4, 0.5) is 0 Å². The number of fused-ring (bicyclic) bond motifs is 1. The largest absolute Gasteiger partial charge is 0.493 e. The maximum absolute atomic E-state index is 12.2. The van der Waals surface area contributed by atoms with Gasteiger partial charge in [0.2, 0.25) is 0 Å². The molecule has 3 aromatic rings. The van der Waals surface area contributed by atoms with Crippen LogP contribution in [0.3, 0.4) is 0 Å². The van der Waals surface area contributed by atoms with E-state index in [4.69, 9.17) is 18.9 Å². The van der Waals surface area contributed by atoms with Crippen molar-refractivity contribution in [3.8, 4) is 34.3 Å². The van der Waals surface area contributed by atoms with Gasteiger partial charge < -0.3 is 24.2 Å². The summed E-state index contributed by atoms with van der Waals surface area (Å²) in [6.45, 7) is 0. The fraction of sp³-hybridized carbons (Fsp3) is 0.211. The van der Waals surface area contributed by atoms with Gasteiger partial charge >= 0.3 is 0 Å². The number of benzene rings is 2. The van der Waals surface area contributed by atoms with Crippen LogP contribution >= 0.6 is 0 Å². The van der Waals surface area contributed by atoms with Gasteiger partial charge in [-0.2, -0.15) is 0 Å². The third-order valence-corrected chi connectivity index (χ3v) is 4.17. The number of ether oxygens (including phenoxy) is 4. The molecule has 0 radical (unpaired) electrons. The fourth-order valence-corrected chi connectivity index (χ4v) is 2.90. The SMILES string of the molecule is COc1ccc(-c2c3cc(OC)c(OC)cc3cc(=O)n2O)cc1OC. The minimum absolute atomic E-state index is 0.314. The second-order valence-corrected chi connectivity index (χ2v) is 5.51. The van der Waals surface area contributed by atoms with E-state index in [2.05, 4.69) is 0 Å². The van der Waals surface area contributed by atoms with Gasteiger partial charge in [-0.1, -0.05) is 0 Å². The van der Waals surface area contributed by atoms with Gasteiger partial charge in [0.1, 0.15) is 0 Å². The second-order valence-electron chi connectivity index (χ2n) is 5.51. The molecule has 0 bridgehead atoms. The van der Waals surface area contributed by atoms with Crippen molar-refractivity contribution < 1.29 is 24.2 Å². The highest BCUT2D eigenvalue weighted by atomic mass is 16.5. The first-order valence-electron chi connectivity index (χ1n) is 7.77. The summed E-state index contributed by atoms with van der Waals surface area (Å²) < 4.78 is 21.8. The zero-order valence-corrected chi connectivity index (χ0v) is 14.9. The lowest BCUT2D eigenvalue weighted by atomic mass is 10.0. The Morgan fingerprint density at radius 2 is 1.35 bits per heavy atom. The molecule has 0 aliphatic heterocycles. The van der Waals surface area contributed by atoms with Gasteiger partial charge in [-0.25, -0.2) is 0 Å². The number of aromatic nitrogens is 1. The van der Waals surface area contributed by atoms with Gasteiger partial charge in [-0.3, -0.25) is 4.79 Å². The van der Waals surface area contributed by atoms with Crippen LogP contribution in [0.5, 0.6) is 23.0 Å². The minimum atomic E-state index is -0.561. The maximum atomic E-state index is 12.2. The summed E-state index contributed by atoms with van der Waals surface area (Å²) in [5, 5.41) is 11.6. The molecule has 1 heterocycles. The van der Waals surface area contributed by atoms with Crippen LogP contribution in [0.25, 0.3) is 22.0 Å². The molecular weight excluding hydrogens is 338 g/mol. The highest BCUT2D eigenvalue weighted by Crippen LogP contribution is 2.38. The lowest BCUT2D eigenvalue weighted by molar-refractivity contribution is 0.181. The quantitative estimate of drug-likeness (QED) is 0.707. The highest BCUT2D eigenvalue weighted by Gasteiger charge is 2.17. The monoisotopic (exact) mass is 357 g/mol. The van der Waals surface area contributed by atoms with E-state index in [9.17, 15) is 10.0 Å². The molecule has 3 rings (SSSR count). The second kappa shape index (κ2) is 6.87. The molecule has 0 unspecified atom stereocenters. The molecule has 1 aromatic heterocycles. The Bertz CT molecular complexity index is 1020. The molecule has 0 amide bonds. The number of pyridine rings is 1. The summed E-state index contributed by atoms with van der Waals surface area (Å²) in [5.41, 5.74) is 0.337. The molecule has 0 fully saturated rings. The molecule has 0 spiro atoms. The van der Waals surface area contributed by atoms with E-state index in [1.807, 2.05) is 0 Å². The first kappa shape index (κ1) is 17.5. The molecule has 0 aliphatic carbocycles. The average molecular weight is 357 g/mol. The zero-order chi connectivity index (χ0) is 18.8. The Balaban J connectivity index is 2.38. The van der Waals surface area contributed by atoms with Crippen molar-refractivity contribution in [1.82, 2.24) is 4.73 Å². The summed E-state index contributed by atoms with van der Waals surface area (Å²) in [5.74, 6) is 2.01. The van der Waals surface area contributed by atoms with Crippen molar-refractivity contribution in [3.05, 3.63) is 46.8 Å². The van der Waals surface area contributed by atoms with E-state index in [1.165, 1.54) is 34.5 Å². The predicted octanol–water partition coefficient (Wildman–Crippen LogP) is 2.94. The van der Waals surface area contributed by atoms with E-state index in [0.29, 0.717) is 49.8 Å². The van der Waals surface area contributed by atoms with Gasteiger partial charge in [0, 0.05) is 17.0 Å². The van der Waals surface area contributed by atoms with E-state index in [0.717, 1.165) is 0 Å². The van der Waals surface area contributed by atoms with Crippen molar-refractivity contribution in [2.75, 3.05) is 28.4 Å². The maximum Gasteiger partial charge on any atom is 0.284 e. The summed E-state index contributed by atoms with van der Waals surface area (Å²) in [6, 6.07) is 9.88. The van der Waals surface area contributed by atoms with Gasteiger partial charge in [-0.15, -0.1) is 4.73 Å². The first-order chi connectivity index (χ1) is 12.5. The lowest BCUT2D eigenvalue weighted by Gasteiger charge is -2.15. The van der Waals surface area contributed by atoms with Gasteiger partial charge in [0.05, 0.1) is 34.1 Å². The van der Waals surface area contributed by atoms with Gasteiger partial charge in [0.15, 0.2) is 23.0 Å². The summed E-state index contributed by atoms with van der Waals surface area (Å²) in [4.78, 5) is 12.2. The topological polar surface area (TPSA) is 79.2 Å². The van der Waals surface area contributed by atoms with Crippen LogP contribution in [0, 0.1) is 0 Å².